The van der Waals surface area contributed by atoms with Crippen LogP contribution in [0.2, 0.25) is 0 Å². The van der Waals surface area contributed by atoms with Gasteiger partial charge in [0.1, 0.15) is 11.3 Å². The number of anilines is 1. The van der Waals surface area contributed by atoms with Crippen LogP contribution in [0.15, 0.2) is 24.3 Å². The smallest absolute Gasteiger partial charge is 0.328 e. The van der Waals surface area contributed by atoms with Crippen molar-refractivity contribution < 1.29 is 14.3 Å². The molecule has 1 N–H and O–H groups in total. The maximum atomic E-state index is 12.3. The van der Waals surface area contributed by atoms with E-state index in [1.165, 1.54) is 7.11 Å². The third-order valence-electron chi connectivity index (χ3n) is 4.27. The number of nitrogens with one attached hydrogen (secondary N) is 1. The van der Waals surface area contributed by atoms with E-state index < -0.39 is 5.54 Å². The van der Waals surface area contributed by atoms with Gasteiger partial charge in [0.25, 0.3) is 0 Å². The molecule has 0 heterocycles. The van der Waals surface area contributed by atoms with Gasteiger partial charge in [0.05, 0.1) is 14.2 Å². The topological polar surface area (TPSA) is 50.8 Å². The highest BCUT2D eigenvalue weighted by Gasteiger charge is 2.51. The summed E-state index contributed by atoms with van der Waals surface area (Å²) in [6.07, 6.45) is 2.12. The van der Waals surface area contributed by atoms with Gasteiger partial charge in [-0.25, -0.2) is 4.79 Å². The Labute approximate surface area is 126 Å². The van der Waals surface area contributed by atoms with Gasteiger partial charge >= 0.3 is 5.97 Å². The van der Waals surface area contributed by atoms with Gasteiger partial charge in [-0.1, -0.05) is 0 Å². The lowest BCUT2D eigenvalue weighted by molar-refractivity contribution is -0.149. The van der Waals surface area contributed by atoms with Gasteiger partial charge in [0, 0.05) is 19.3 Å². The summed E-state index contributed by atoms with van der Waals surface area (Å²) in [5.41, 5.74) is 0.406. The fraction of sp³-hybridized carbons (Fsp3) is 0.562. The molecule has 5 heteroatoms. The monoisotopic (exact) mass is 292 g/mol. The minimum atomic E-state index is -0.635. The number of likely N-dealkylation sites (N-methyl/N-ethyl adjacent to an activating group) is 2. The van der Waals surface area contributed by atoms with Crippen molar-refractivity contribution in [3.8, 4) is 5.75 Å². The van der Waals surface area contributed by atoms with Crippen LogP contribution in [0.3, 0.4) is 0 Å². The maximum Gasteiger partial charge on any atom is 0.328 e. The molecule has 0 aliphatic heterocycles. The molecule has 1 fully saturated rings. The SMILES string of the molecule is CNC(CN(C)c1ccc(OC)cc1)(C(=O)OC)C1CC1. The van der Waals surface area contributed by atoms with Crippen molar-refractivity contribution >= 4 is 11.7 Å². The van der Waals surface area contributed by atoms with Crippen LogP contribution >= 0.6 is 0 Å². The largest absolute Gasteiger partial charge is 0.497 e. The van der Waals surface area contributed by atoms with Gasteiger partial charge in [-0.05, 0) is 50.1 Å². The summed E-state index contributed by atoms with van der Waals surface area (Å²) in [5, 5.41) is 3.21. The second-order valence-electron chi connectivity index (χ2n) is 5.54. The second-order valence-corrected chi connectivity index (χ2v) is 5.54. The number of methoxy groups -OCH3 is 2. The Morgan fingerprint density at radius 3 is 2.38 bits per heavy atom. The van der Waals surface area contributed by atoms with E-state index in [0.29, 0.717) is 12.5 Å². The van der Waals surface area contributed by atoms with E-state index in [0.717, 1.165) is 24.3 Å². The van der Waals surface area contributed by atoms with Crippen LogP contribution in [-0.2, 0) is 9.53 Å². The van der Waals surface area contributed by atoms with Crippen molar-refractivity contribution in [2.45, 2.75) is 18.4 Å². The average Bonchev–Trinajstić information content (AvgIpc) is 3.37. The van der Waals surface area contributed by atoms with Gasteiger partial charge in [0.15, 0.2) is 0 Å². The Balaban J connectivity index is 2.17. The number of esters is 1. The average molecular weight is 292 g/mol. The number of carbonyl (C=O) groups excluding carboxylic acids is 1. The number of ether oxygens (including phenoxy) is 2. The molecule has 1 aliphatic rings. The number of hydrogen-bond donors (Lipinski definition) is 1. The van der Waals surface area contributed by atoms with E-state index in [1.54, 1.807) is 7.11 Å². The Kier molecular flexibility index (Phi) is 4.73. The van der Waals surface area contributed by atoms with Crippen LogP contribution < -0.4 is 15.0 Å². The van der Waals surface area contributed by atoms with E-state index >= 15 is 0 Å². The highest BCUT2D eigenvalue weighted by molar-refractivity contribution is 5.83. The predicted molar refractivity (Wildman–Crippen MR) is 82.8 cm³/mol. The third kappa shape index (κ3) is 3.13. The van der Waals surface area contributed by atoms with Crippen molar-refractivity contribution in [3.63, 3.8) is 0 Å². The van der Waals surface area contributed by atoms with E-state index in [4.69, 9.17) is 9.47 Å². The Bertz CT molecular complexity index is 485. The normalized spacial score (nSPS) is 17.0. The summed E-state index contributed by atoms with van der Waals surface area (Å²) >= 11 is 0. The lowest BCUT2D eigenvalue weighted by Gasteiger charge is -2.35. The van der Waals surface area contributed by atoms with Gasteiger partial charge in [-0.15, -0.1) is 0 Å². The van der Waals surface area contributed by atoms with Crippen LogP contribution in [0.5, 0.6) is 5.75 Å². The molecule has 21 heavy (non-hydrogen) atoms. The van der Waals surface area contributed by atoms with Crippen LogP contribution in [0.4, 0.5) is 5.69 Å². The molecule has 1 saturated carbocycles. The zero-order chi connectivity index (χ0) is 15.5. The van der Waals surface area contributed by atoms with Gasteiger partial charge in [0.2, 0.25) is 0 Å². The third-order valence-corrected chi connectivity index (χ3v) is 4.27. The lowest BCUT2D eigenvalue weighted by Crippen LogP contribution is -2.59. The van der Waals surface area contributed by atoms with E-state index in [2.05, 4.69) is 10.2 Å². The molecule has 116 valence electrons. The first-order valence-corrected chi connectivity index (χ1v) is 7.20. The second kappa shape index (κ2) is 6.35. The molecular weight excluding hydrogens is 268 g/mol. The van der Waals surface area contributed by atoms with Gasteiger partial charge < -0.3 is 19.7 Å². The predicted octanol–water partition coefficient (Wildman–Crippen LogP) is 1.67. The van der Waals surface area contributed by atoms with Crippen molar-refractivity contribution in [2.24, 2.45) is 5.92 Å². The molecule has 0 bridgehead atoms. The standard InChI is InChI=1S/C16H24N2O3/c1-17-16(12-5-6-12,15(19)21-4)11-18(2)13-7-9-14(20-3)10-8-13/h7-10,12,17H,5-6,11H2,1-4H3. The van der Waals surface area contributed by atoms with E-state index in [9.17, 15) is 4.79 Å². The van der Waals surface area contributed by atoms with Crippen molar-refractivity contribution in [1.29, 1.82) is 0 Å². The molecule has 0 aromatic heterocycles. The van der Waals surface area contributed by atoms with Gasteiger partial charge in [-0.2, -0.15) is 0 Å². The molecular formula is C16H24N2O3. The van der Waals surface area contributed by atoms with Crippen molar-refractivity contribution in [2.75, 3.05) is 39.8 Å². The fourth-order valence-electron chi connectivity index (χ4n) is 2.81. The minimum absolute atomic E-state index is 0.187. The molecule has 1 atom stereocenters. The molecule has 1 unspecified atom stereocenters. The van der Waals surface area contributed by atoms with Crippen molar-refractivity contribution in [3.05, 3.63) is 24.3 Å². The van der Waals surface area contributed by atoms with Crippen molar-refractivity contribution in [1.82, 2.24) is 5.32 Å². The lowest BCUT2D eigenvalue weighted by atomic mass is 9.92. The minimum Gasteiger partial charge on any atom is -0.497 e. The molecule has 0 spiro atoms. The zero-order valence-corrected chi connectivity index (χ0v) is 13.2. The number of benzene rings is 1. The molecule has 1 aromatic rings. The number of nitrogens with zero attached hydrogens (tertiary/aromatic N) is 1. The van der Waals surface area contributed by atoms with E-state index in [1.807, 2.05) is 38.4 Å². The zero-order valence-electron chi connectivity index (χ0n) is 13.2. The highest BCUT2D eigenvalue weighted by atomic mass is 16.5. The molecule has 2 rings (SSSR count). The summed E-state index contributed by atoms with van der Waals surface area (Å²) in [4.78, 5) is 14.4. The van der Waals surface area contributed by atoms with E-state index in [-0.39, 0.29) is 5.97 Å². The highest BCUT2D eigenvalue weighted by Crippen LogP contribution is 2.41. The summed E-state index contributed by atoms with van der Waals surface area (Å²) in [6, 6.07) is 7.82. The molecule has 1 aliphatic carbocycles. The Morgan fingerprint density at radius 1 is 1.33 bits per heavy atom. The molecule has 5 nitrogen and oxygen atoms in total. The van der Waals surface area contributed by atoms with Crippen LogP contribution in [0, 0.1) is 5.92 Å². The summed E-state index contributed by atoms with van der Waals surface area (Å²) in [7, 11) is 6.91. The van der Waals surface area contributed by atoms with Crippen LogP contribution in [-0.4, -0.2) is 46.4 Å². The first kappa shape index (κ1) is 15.6. The molecule has 0 radical (unpaired) electrons. The number of carbonyl (C=O) groups is 1. The fourth-order valence-corrected chi connectivity index (χ4v) is 2.81. The number of rotatable bonds is 7. The Morgan fingerprint density at radius 2 is 1.95 bits per heavy atom. The Hall–Kier alpha value is -1.75. The first-order valence-electron chi connectivity index (χ1n) is 7.20. The number of hydrogen-bond acceptors (Lipinski definition) is 5. The summed E-state index contributed by atoms with van der Waals surface area (Å²) < 4.78 is 10.2. The first-order chi connectivity index (χ1) is 10.1. The summed E-state index contributed by atoms with van der Waals surface area (Å²) in [5.74, 6) is 0.978. The molecule has 0 saturated heterocycles. The maximum absolute atomic E-state index is 12.3. The van der Waals surface area contributed by atoms with Crippen LogP contribution in [0.1, 0.15) is 12.8 Å². The quantitative estimate of drug-likeness (QED) is 0.775. The molecule has 0 amide bonds. The summed E-state index contributed by atoms with van der Waals surface area (Å²) in [6.45, 7) is 0.577. The van der Waals surface area contributed by atoms with Crippen LogP contribution in [0.25, 0.3) is 0 Å². The van der Waals surface area contributed by atoms with Gasteiger partial charge in [-0.3, -0.25) is 0 Å². The molecule has 1 aromatic carbocycles.